The number of carbonyl (C=O) groups excluding carboxylic acids is 1. The lowest BCUT2D eigenvalue weighted by Gasteiger charge is -2.17. The van der Waals surface area contributed by atoms with Crippen LogP contribution in [0.2, 0.25) is 0 Å². The monoisotopic (exact) mass is 284 g/mol. The van der Waals surface area contributed by atoms with Crippen molar-refractivity contribution in [2.24, 2.45) is 0 Å². The lowest BCUT2D eigenvalue weighted by molar-refractivity contribution is -0.130. The molecule has 0 aromatic rings. The lowest BCUT2D eigenvalue weighted by Crippen LogP contribution is -2.29. The second-order valence-corrected chi connectivity index (χ2v) is 5.79. The van der Waals surface area contributed by atoms with Gasteiger partial charge in [0, 0.05) is 20.0 Å². The Balaban J connectivity index is 3.34. The Morgan fingerprint density at radius 2 is 1.45 bits per heavy atom. The molecule has 0 radical (unpaired) electrons. The maximum Gasteiger partial charge on any atom is 0.222 e. The summed E-state index contributed by atoms with van der Waals surface area (Å²) in [5.74, 6) is 0.309. The third-order valence-corrected chi connectivity index (χ3v) is 3.72. The zero-order chi connectivity index (χ0) is 15.1. The first-order valence-corrected chi connectivity index (χ1v) is 8.67. The van der Waals surface area contributed by atoms with Crippen molar-refractivity contribution in [1.82, 2.24) is 10.2 Å². The van der Waals surface area contributed by atoms with Crippen molar-refractivity contribution in [3.63, 3.8) is 0 Å². The summed E-state index contributed by atoms with van der Waals surface area (Å²) in [6.45, 7) is 7.47. The normalized spacial score (nSPS) is 10.8. The molecule has 0 aromatic carbocycles. The first kappa shape index (κ1) is 19.4. The van der Waals surface area contributed by atoms with Gasteiger partial charge in [-0.3, -0.25) is 4.79 Å². The molecule has 1 N–H and O–H groups in total. The molecule has 0 unspecified atom stereocenters. The van der Waals surface area contributed by atoms with Crippen molar-refractivity contribution in [3.05, 3.63) is 0 Å². The molecule has 1 amide bonds. The summed E-state index contributed by atoms with van der Waals surface area (Å²) in [6.07, 6.45) is 11.8. The summed E-state index contributed by atoms with van der Waals surface area (Å²) < 4.78 is 0. The summed E-state index contributed by atoms with van der Waals surface area (Å²) in [7, 11) is 1.93. The third-order valence-electron chi connectivity index (χ3n) is 3.72. The van der Waals surface area contributed by atoms with Crippen LogP contribution in [0, 0.1) is 0 Å². The largest absolute Gasteiger partial charge is 0.346 e. The highest BCUT2D eigenvalue weighted by atomic mass is 16.2. The summed E-state index contributed by atoms with van der Waals surface area (Å²) in [5, 5.41) is 3.46. The summed E-state index contributed by atoms with van der Waals surface area (Å²) >= 11 is 0. The van der Waals surface area contributed by atoms with Crippen molar-refractivity contribution in [3.8, 4) is 0 Å². The molecule has 0 saturated heterocycles. The van der Waals surface area contributed by atoms with Crippen molar-refractivity contribution < 1.29 is 4.79 Å². The van der Waals surface area contributed by atoms with E-state index in [0.717, 1.165) is 38.9 Å². The van der Waals surface area contributed by atoms with Gasteiger partial charge in [0.05, 0.1) is 0 Å². The molecule has 120 valence electrons. The lowest BCUT2D eigenvalue weighted by atomic mass is 10.1. The topological polar surface area (TPSA) is 32.3 Å². The van der Waals surface area contributed by atoms with E-state index in [-0.39, 0.29) is 0 Å². The van der Waals surface area contributed by atoms with Crippen LogP contribution >= 0.6 is 0 Å². The molecule has 0 spiro atoms. The minimum atomic E-state index is 0.309. The fourth-order valence-corrected chi connectivity index (χ4v) is 2.26. The predicted octanol–water partition coefficient (Wildman–Crippen LogP) is 3.98. The first-order valence-electron chi connectivity index (χ1n) is 8.67. The van der Waals surface area contributed by atoms with Crippen molar-refractivity contribution in [1.29, 1.82) is 0 Å². The van der Waals surface area contributed by atoms with Gasteiger partial charge in [-0.1, -0.05) is 52.4 Å². The van der Waals surface area contributed by atoms with Gasteiger partial charge in [-0.2, -0.15) is 0 Å². The average Bonchev–Trinajstić information content (AvgIpc) is 2.46. The Hall–Kier alpha value is -0.570. The molecule has 0 fully saturated rings. The summed E-state index contributed by atoms with van der Waals surface area (Å²) in [6, 6.07) is 0. The van der Waals surface area contributed by atoms with E-state index in [1.807, 2.05) is 11.9 Å². The molecule has 0 aliphatic carbocycles. The highest BCUT2D eigenvalue weighted by Crippen LogP contribution is 2.04. The van der Waals surface area contributed by atoms with Crippen molar-refractivity contribution in [2.45, 2.75) is 78.1 Å². The summed E-state index contributed by atoms with van der Waals surface area (Å²) in [5.41, 5.74) is 0. The molecule has 0 bridgehead atoms. The fraction of sp³-hybridized carbons (Fsp3) is 0.941. The molecular formula is C17H36N2O. The van der Waals surface area contributed by atoms with Gasteiger partial charge in [-0.15, -0.1) is 0 Å². The molecule has 0 rings (SSSR count). The van der Waals surface area contributed by atoms with Crippen molar-refractivity contribution in [2.75, 3.05) is 26.7 Å². The van der Waals surface area contributed by atoms with Gasteiger partial charge < -0.3 is 10.2 Å². The minimum absolute atomic E-state index is 0.309. The maximum atomic E-state index is 11.8. The number of hydrogen-bond acceptors (Lipinski definition) is 2. The average molecular weight is 284 g/mol. The number of hydrogen-bond donors (Lipinski definition) is 1. The number of unbranched alkanes of at least 4 members (excludes halogenated alkanes) is 6. The van der Waals surface area contributed by atoms with E-state index in [0.29, 0.717) is 5.91 Å². The molecule has 3 heteroatoms. The van der Waals surface area contributed by atoms with Crippen LogP contribution in [0.25, 0.3) is 0 Å². The number of nitrogens with zero attached hydrogens (tertiary/aromatic N) is 1. The zero-order valence-corrected chi connectivity index (χ0v) is 14.0. The standard InChI is InChI=1S/C17H36N2O/c1-4-6-8-10-13-17(20)19(3)16-12-15-18-14-11-9-7-5-2/h18H,4-16H2,1-3H3. The molecule has 0 aliphatic rings. The van der Waals surface area contributed by atoms with E-state index in [2.05, 4.69) is 19.2 Å². The van der Waals surface area contributed by atoms with Crippen LogP contribution in [0.3, 0.4) is 0 Å². The van der Waals surface area contributed by atoms with Crippen LogP contribution in [0.15, 0.2) is 0 Å². The highest BCUT2D eigenvalue weighted by molar-refractivity contribution is 5.75. The van der Waals surface area contributed by atoms with E-state index in [1.165, 1.54) is 44.9 Å². The Kier molecular flexibility index (Phi) is 14.4. The van der Waals surface area contributed by atoms with E-state index in [9.17, 15) is 4.79 Å². The van der Waals surface area contributed by atoms with Crippen LogP contribution in [0.4, 0.5) is 0 Å². The van der Waals surface area contributed by atoms with E-state index in [4.69, 9.17) is 0 Å². The number of nitrogens with one attached hydrogen (secondary N) is 1. The van der Waals surface area contributed by atoms with Gasteiger partial charge in [-0.05, 0) is 32.4 Å². The van der Waals surface area contributed by atoms with E-state index in [1.54, 1.807) is 0 Å². The van der Waals surface area contributed by atoms with Gasteiger partial charge in [0.2, 0.25) is 5.91 Å². The molecule has 3 nitrogen and oxygen atoms in total. The predicted molar refractivity (Wildman–Crippen MR) is 88.0 cm³/mol. The second-order valence-electron chi connectivity index (χ2n) is 5.79. The van der Waals surface area contributed by atoms with Crippen LogP contribution in [0.5, 0.6) is 0 Å². The highest BCUT2D eigenvalue weighted by Gasteiger charge is 2.07. The van der Waals surface area contributed by atoms with Crippen LogP contribution < -0.4 is 5.32 Å². The second kappa shape index (κ2) is 14.8. The Labute approximate surface area is 126 Å². The summed E-state index contributed by atoms with van der Waals surface area (Å²) in [4.78, 5) is 13.7. The molecule has 0 aliphatic heterocycles. The van der Waals surface area contributed by atoms with Gasteiger partial charge in [-0.25, -0.2) is 0 Å². The molecular weight excluding hydrogens is 248 g/mol. The zero-order valence-electron chi connectivity index (χ0n) is 14.0. The van der Waals surface area contributed by atoms with Crippen molar-refractivity contribution >= 4 is 5.91 Å². The van der Waals surface area contributed by atoms with E-state index >= 15 is 0 Å². The fourth-order valence-electron chi connectivity index (χ4n) is 2.26. The first-order chi connectivity index (χ1) is 9.72. The van der Waals surface area contributed by atoms with Gasteiger partial charge in [0.25, 0.3) is 0 Å². The molecule has 0 atom stereocenters. The smallest absolute Gasteiger partial charge is 0.222 e. The van der Waals surface area contributed by atoms with Crippen LogP contribution in [-0.4, -0.2) is 37.5 Å². The molecule has 0 aromatic heterocycles. The van der Waals surface area contributed by atoms with Gasteiger partial charge in [0.15, 0.2) is 0 Å². The SMILES string of the molecule is CCCCCCNCCCN(C)C(=O)CCCCCC. The Bertz CT molecular complexity index is 219. The number of carbonyl (C=O) groups is 1. The quantitative estimate of drug-likeness (QED) is 0.489. The minimum Gasteiger partial charge on any atom is -0.346 e. The Morgan fingerprint density at radius 1 is 0.850 bits per heavy atom. The molecule has 0 saturated carbocycles. The number of amides is 1. The molecule has 0 heterocycles. The van der Waals surface area contributed by atoms with Crippen LogP contribution in [0.1, 0.15) is 78.1 Å². The number of rotatable bonds is 14. The third kappa shape index (κ3) is 12.5. The van der Waals surface area contributed by atoms with E-state index < -0.39 is 0 Å². The molecule has 20 heavy (non-hydrogen) atoms. The Morgan fingerprint density at radius 3 is 2.10 bits per heavy atom. The van der Waals surface area contributed by atoms with Crippen LogP contribution in [-0.2, 0) is 4.79 Å². The van der Waals surface area contributed by atoms with Gasteiger partial charge >= 0.3 is 0 Å². The maximum absolute atomic E-state index is 11.8. The van der Waals surface area contributed by atoms with Gasteiger partial charge in [0.1, 0.15) is 0 Å².